The molecule has 5 aromatic rings. The van der Waals surface area contributed by atoms with E-state index in [1.54, 1.807) is 18.2 Å². The van der Waals surface area contributed by atoms with Gasteiger partial charge in [0.05, 0.1) is 16.9 Å². The number of hydrogen-bond donors (Lipinski definition) is 0. The molecule has 0 amide bonds. The van der Waals surface area contributed by atoms with Crippen molar-refractivity contribution in [2.24, 2.45) is 4.74 Å². The van der Waals surface area contributed by atoms with Crippen molar-refractivity contribution in [1.82, 2.24) is 9.38 Å². The van der Waals surface area contributed by atoms with E-state index in [1.807, 2.05) is 78.2 Å². The summed E-state index contributed by atoms with van der Waals surface area (Å²) in [7, 11) is -3.38. The molecule has 4 nitrogen and oxygen atoms in total. The van der Waals surface area contributed by atoms with Gasteiger partial charge in [-0.2, -0.15) is 13.2 Å². The summed E-state index contributed by atoms with van der Waals surface area (Å²) in [6.07, 6.45) is -2.75. The molecule has 182 valence electrons. The van der Waals surface area contributed by atoms with E-state index in [4.69, 9.17) is 14.3 Å². The molecule has 9 heteroatoms. The molecule has 0 aliphatic carbocycles. The summed E-state index contributed by atoms with van der Waals surface area (Å²) in [5, 5.41) is 0.665. The van der Waals surface area contributed by atoms with Gasteiger partial charge in [-0.05, 0) is 67.6 Å². The van der Waals surface area contributed by atoms with E-state index in [1.165, 1.54) is 12.1 Å². The zero-order chi connectivity index (χ0) is 25.3. The van der Waals surface area contributed by atoms with Crippen LogP contribution < -0.4 is 15.3 Å². The van der Waals surface area contributed by atoms with Crippen molar-refractivity contribution in [2.75, 3.05) is 0 Å². The largest absolute Gasteiger partial charge is 0.450 e. The maximum absolute atomic E-state index is 14.1. The van der Waals surface area contributed by atoms with Crippen LogP contribution in [0, 0.1) is 6.92 Å². The highest BCUT2D eigenvalue weighted by atomic mass is 79.9. The number of fused-ring (bicyclic) bond motifs is 1. The Morgan fingerprint density at radius 2 is 1.53 bits per heavy atom. The first-order valence-electron chi connectivity index (χ1n) is 11.0. The summed E-state index contributed by atoms with van der Waals surface area (Å²) in [6, 6.07) is 27.3. The monoisotopic (exact) mass is 569 g/mol. The van der Waals surface area contributed by atoms with Crippen molar-refractivity contribution >= 4 is 45.3 Å². The number of benzene rings is 3. The Morgan fingerprint density at radius 1 is 0.861 bits per heavy atom. The molecule has 0 saturated carbocycles. The van der Waals surface area contributed by atoms with Crippen LogP contribution in [0.4, 0.5) is 18.9 Å². The van der Waals surface area contributed by atoms with E-state index >= 15 is 0 Å². The van der Waals surface area contributed by atoms with Crippen LogP contribution in [-0.2, 0) is 6.18 Å². The zero-order valence-electron chi connectivity index (χ0n) is 19.0. The highest BCUT2D eigenvalue weighted by Gasteiger charge is 2.37. The summed E-state index contributed by atoms with van der Waals surface area (Å²) in [6.45, 7) is 1.83. The highest BCUT2D eigenvalue weighted by molar-refractivity contribution is 9.10. The molecule has 0 aliphatic heterocycles. The Kier molecular flexibility index (Phi) is 6.49. The molecular formula is C27H20BrF3N3OP. The van der Waals surface area contributed by atoms with Crippen molar-refractivity contribution < 1.29 is 17.7 Å². The maximum atomic E-state index is 14.1. The third-order valence-corrected chi connectivity index (χ3v) is 9.19. The maximum Gasteiger partial charge on any atom is 0.418 e. The van der Waals surface area contributed by atoms with Crippen molar-refractivity contribution in [2.45, 2.75) is 13.1 Å². The standard InChI is InChI=1S/C27H20BrF3N3OP/c1-19-26(34-18-8-7-13-25(34)32-19)36(22-9-3-2-4-10-22,35-21-16-14-20(28)15-17-21)33-24-12-6-5-11-23(24)27(29,30)31/h2-18H,1H3. The van der Waals surface area contributed by atoms with Crippen molar-refractivity contribution in [3.63, 3.8) is 0 Å². The molecule has 0 radical (unpaired) electrons. The van der Waals surface area contributed by atoms with Crippen LogP contribution in [0.25, 0.3) is 5.65 Å². The Balaban J connectivity index is 1.93. The fourth-order valence-electron chi connectivity index (χ4n) is 4.04. The third kappa shape index (κ3) is 4.59. The lowest BCUT2D eigenvalue weighted by Crippen LogP contribution is -2.26. The fraction of sp³-hybridized carbons (Fsp3) is 0.0741. The minimum absolute atomic E-state index is 0.190. The molecule has 0 saturated heterocycles. The van der Waals surface area contributed by atoms with Crippen LogP contribution in [0.5, 0.6) is 5.75 Å². The number of rotatable bonds is 5. The molecule has 0 bridgehead atoms. The van der Waals surface area contributed by atoms with Crippen LogP contribution in [0.1, 0.15) is 11.3 Å². The first-order chi connectivity index (χ1) is 17.3. The number of pyridine rings is 1. The van der Waals surface area contributed by atoms with Gasteiger partial charge in [0.2, 0.25) is 7.28 Å². The van der Waals surface area contributed by atoms with Gasteiger partial charge in [0.1, 0.15) is 16.8 Å². The van der Waals surface area contributed by atoms with Gasteiger partial charge in [-0.25, -0.2) is 9.73 Å². The Bertz CT molecular complexity index is 1580. The van der Waals surface area contributed by atoms with E-state index in [2.05, 4.69) is 15.9 Å². The van der Waals surface area contributed by atoms with Crippen LogP contribution in [0.3, 0.4) is 0 Å². The lowest BCUT2D eigenvalue weighted by atomic mass is 10.2. The fourth-order valence-corrected chi connectivity index (χ4v) is 7.42. The van der Waals surface area contributed by atoms with Crippen LogP contribution in [0.2, 0.25) is 0 Å². The summed E-state index contributed by atoms with van der Waals surface area (Å²) in [5.74, 6) is 0.480. The average Bonchev–Trinajstić information content (AvgIpc) is 3.21. The van der Waals surface area contributed by atoms with Crippen LogP contribution >= 0.6 is 23.2 Å². The molecule has 3 aromatic carbocycles. The second-order valence-corrected chi connectivity index (χ2v) is 11.4. The molecule has 0 N–H and O–H groups in total. The molecule has 1 unspecified atom stereocenters. The molecule has 2 heterocycles. The Labute approximate surface area is 214 Å². The SMILES string of the molecule is Cc1nc2ccccn2c1P(=Nc1ccccc1C(F)(F)F)(Oc1ccc(Br)cc1)c1ccccc1. The Hall–Kier alpha value is -3.35. The number of imidazole rings is 1. The summed E-state index contributed by atoms with van der Waals surface area (Å²) >= 11 is 3.43. The molecule has 0 spiro atoms. The number of aromatic nitrogens is 2. The van der Waals surface area contributed by atoms with Crippen molar-refractivity contribution in [3.05, 3.63) is 119 Å². The summed E-state index contributed by atoms with van der Waals surface area (Å²) in [4.78, 5) is 4.69. The summed E-state index contributed by atoms with van der Waals surface area (Å²) < 4.78 is 56.5. The number of aryl methyl sites for hydroxylation is 1. The molecule has 2 aromatic heterocycles. The summed E-state index contributed by atoms with van der Waals surface area (Å²) in [5.41, 5.74) is 0.887. The molecule has 36 heavy (non-hydrogen) atoms. The second kappa shape index (κ2) is 9.60. The van der Waals surface area contributed by atoms with E-state index in [9.17, 15) is 13.2 Å². The van der Waals surface area contributed by atoms with Gasteiger partial charge in [-0.3, -0.25) is 4.40 Å². The second-order valence-electron chi connectivity index (χ2n) is 8.02. The van der Waals surface area contributed by atoms with Gasteiger partial charge < -0.3 is 4.52 Å². The number of alkyl halides is 3. The molecule has 0 aliphatic rings. The number of halogens is 4. The van der Waals surface area contributed by atoms with Gasteiger partial charge in [0.25, 0.3) is 0 Å². The molecule has 5 rings (SSSR count). The predicted molar refractivity (Wildman–Crippen MR) is 141 cm³/mol. The number of nitrogens with zero attached hydrogens (tertiary/aromatic N) is 3. The van der Waals surface area contributed by atoms with Crippen LogP contribution in [-0.4, -0.2) is 9.38 Å². The minimum atomic E-state index is -4.58. The van der Waals surface area contributed by atoms with Crippen molar-refractivity contribution in [3.8, 4) is 5.75 Å². The quantitative estimate of drug-likeness (QED) is 0.202. The van der Waals surface area contributed by atoms with Gasteiger partial charge in [0.15, 0.2) is 0 Å². The van der Waals surface area contributed by atoms with Crippen LogP contribution in [0.15, 0.2) is 112 Å². The van der Waals surface area contributed by atoms with Gasteiger partial charge >= 0.3 is 6.18 Å². The topological polar surface area (TPSA) is 38.9 Å². The van der Waals surface area contributed by atoms with Crippen molar-refractivity contribution in [1.29, 1.82) is 0 Å². The van der Waals surface area contributed by atoms with E-state index in [0.29, 0.717) is 27.8 Å². The zero-order valence-corrected chi connectivity index (χ0v) is 21.5. The lowest BCUT2D eigenvalue weighted by Gasteiger charge is -2.27. The minimum Gasteiger partial charge on any atom is -0.450 e. The van der Waals surface area contributed by atoms with Gasteiger partial charge in [0, 0.05) is 16.0 Å². The molecular weight excluding hydrogens is 550 g/mol. The van der Waals surface area contributed by atoms with E-state index in [0.717, 1.165) is 10.5 Å². The van der Waals surface area contributed by atoms with Gasteiger partial charge in [-0.15, -0.1) is 0 Å². The molecule has 0 fully saturated rings. The first-order valence-corrected chi connectivity index (χ1v) is 13.5. The highest BCUT2D eigenvalue weighted by Crippen LogP contribution is 2.53. The first kappa shape index (κ1) is 24.3. The lowest BCUT2D eigenvalue weighted by molar-refractivity contribution is -0.137. The van der Waals surface area contributed by atoms with E-state index in [-0.39, 0.29) is 5.69 Å². The van der Waals surface area contributed by atoms with Gasteiger partial charge in [-0.1, -0.05) is 52.3 Å². The normalized spacial score (nSPS) is 13.4. The average molecular weight is 570 g/mol. The number of hydrogen-bond acceptors (Lipinski definition) is 3. The Morgan fingerprint density at radius 3 is 2.25 bits per heavy atom. The predicted octanol–water partition coefficient (Wildman–Crippen LogP) is 7.90. The van der Waals surface area contributed by atoms with E-state index < -0.39 is 19.0 Å². The third-order valence-electron chi connectivity index (χ3n) is 5.57. The molecule has 1 atom stereocenters. The smallest absolute Gasteiger partial charge is 0.418 e.